The molecular formula is C21H7F33O2. The van der Waals surface area contributed by atoms with Crippen LogP contribution in [0.4, 0.5) is 145 Å². The van der Waals surface area contributed by atoms with E-state index in [0.717, 1.165) is 0 Å². The van der Waals surface area contributed by atoms with Crippen molar-refractivity contribution in [3.8, 4) is 0 Å². The van der Waals surface area contributed by atoms with Gasteiger partial charge in [0.25, 0.3) is 0 Å². The van der Waals surface area contributed by atoms with Crippen molar-refractivity contribution >= 4 is 5.97 Å². The summed E-state index contributed by atoms with van der Waals surface area (Å²) in [6.07, 6.45) is -13.1. The van der Waals surface area contributed by atoms with Gasteiger partial charge in [-0.2, -0.15) is 145 Å². The first-order valence-corrected chi connectivity index (χ1v) is 12.2. The SMILES string of the molecule is C=CC(=O)OC(C)C(F)(F)C(F)(F)C(F)(F)C(F)(F)C(F)(F)C(F)(F)C(F)(F)C(F)(F)C(F)(F)C(F)(F)C(F)(F)C(F)(F)C(F)(F)C(F)(F)C(F)(F)C(F)(F)F. The molecule has 2 nitrogen and oxygen atoms in total. The maximum Gasteiger partial charge on any atom is 0.460 e. The molecule has 0 saturated heterocycles. The van der Waals surface area contributed by atoms with E-state index in [-0.39, 0.29) is 6.08 Å². The summed E-state index contributed by atoms with van der Waals surface area (Å²) in [5.41, 5.74) is 0. The van der Waals surface area contributed by atoms with Gasteiger partial charge < -0.3 is 4.74 Å². The van der Waals surface area contributed by atoms with E-state index < -0.39 is 114 Å². The summed E-state index contributed by atoms with van der Waals surface area (Å²) in [5, 5.41) is 0. The van der Waals surface area contributed by atoms with Crippen LogP contribution in [-0.2, 0) is 9.53 Å². The number of hydrogen-bond donors (Lipinski definition) is 0. The van der Waals surface area contributed by atoms with Crippen molar-refractivity contribution in [3.05, 3.63) is 12.7 Å². The molecule has 0 N–H and O–H groups in total. The van der Waals surface area contributed by atoms with Crippen LogP contribution in [0.15, 0.2) is 12.7 Å². The zero-order chi connectivity index (χ0) is 46.6. The zero-order valence-corrected chi connectivity index (χ0v) is 24.7. The number of esters is 1. The van der Waals surface area contributed by atoms with Gasteiger partial charge in [-0.3, -0.25) is 0 Å². The van der Waals surface area contributed by atoms with Gasteiger partial charge in [-0.25, -0.2) is 4.79 Å². The first-order chi connectivity index (χ1) is 23.6. The predicted molar refractivity (Wildman–Crippen MR) is 106 cm³/mol. The van der Waals surface area contributed by atoms with Crippen LogP contribution in [0.3, 0.4) is 0 Å². The van der Waals surface area contributed by atoms with Crippen LogP contribution < -0.4 is 0 Å². The molecule has 35 heteroatoms. The van der Waals surface area contributed by atoms with E-state index in [4.69, 9.17) is 0 Å². The fraction of sp³-hybridized carbons (Fsp3) is 0.857. The minimum Gasteiger partial charge on any atom is -0.453 e. The molecule has 1 unspecified atom stereocenters. The first kappa shape index (κ1) is 52.9. The molecule has 0 radical (unpaired) electrons. The maximum absolute atomic E-state index is 14.0. The number of alkyl halides is 33. The smallest absolute Gasteiger partial charge is 0.453 e. The van der Waals surface area contributed by atoms with Gasteiger partial charge in [0.15, 0.2) is 6.10 Å². The van der Waals surface area contributed by atoms with Gasteiger partial charge in [0.1, 0.15) is 0 Å². The van der Waals surface area contributed by atoms with Gasteiger partial charge in [0.2, 0.25) is 0 Å². The molecule has 0 aliphatic rings. The highest BCUT2D eigenvalue weighted by atomic mass is 19.4. The lowest BCUT2D eigenvalue weighted by molar-refractivity contribution is -0.491. The van der Waals surface area contributed by atoms with Crippen molar-refractivity contribution in [2.24, 2.45) is 0 Å². The summed E-state index contributed by atoms with van der Waals surface area (Å²) in [5.74, 6) is -146. The Balaban J connectivity index is 7.73. The topological polar surface area (TPSA) is 26.3 Å². The van der Waals surface area contributed by atoms with Crippen molar-refractivity contribution < 1.29 is 154 Å². The fourth-order valence-corrected chi connectivity index (χ4v) is 3.30. The van der Waals surface area contributed by atoms with Crippen LogP contribution in [-0.4, -0.2) is 107 Å². The van der Waals surface area contributed by atoms with E-state index in [1.807, 2.05) is 0 Å². The Morgan fingerprint density at radius 3 is 0.679 bits per heavy atom. The Hall–Kier alpha value is -3.10. The van der Waals surface area contributed by atoms with Gasteiger partial charge in [-0.1, -0.05) is 6.58 Å². The number of hydrogen-bond acceptors (Lipinski definition) is 2. The van der Waals surface area contributed by atoms with E-state index in [1.54, 1.807) is 0 Å². The normalized spacial score (nSPS) is 17.2. The largest absolute Gasteiger partial charge is 0.460 e. The molecule has 0 aromatic carbocycles. The molecule has 0 fully saturated rings. The molecule has 0 rings (SSSR count). The lowest BCUT2D eigenvalue weighted by atomic mass is 9.82. The molecule has 0 aliphatic heterocycles. The van der Waals surface area contributed by atoms with Gasteiger partial charge in [-0.15, -0.1) is 0 Å². The Morgan fingerprint density at radius 1 is 0.357 bits per heavy atom. The third-order valence-corrected chi connectivity index (χ3v) is 6.87. The second-order valence-corrected chi connectivity index (χ2v) is 10.4. The standard InChI is InChI=1S/C21H7F33O2/c1-3-5(55)56-4(2)6(22,23)7(24,25)8(26,27)9(28,29)10(30,31)11(32,33)12(34,35)13(36,37)14(38,39)15(40,41)16(42,43)17(44,45)18(46,47)19(48,49)20(50,51)21(52,53)54/h3-4H,1H2,2H3. The Morgan fingerprint density at radius 2 is 0.518 bits per heavy atom. The Labute approximate surface area is 282 Å². The second-order valence-electron chi connectivity index (χ2n) is 10.4. The molecule has 0 amide bonds. The van der Waals surface area contributed by atoms with Crippen molar-refractivity contribution in [2.45, 2.75) is 108 Å². The van der Waals surface area contributed by atoms with Crippen molar-refractivity contribution in [3.63, 3.8) is 0 Å². The van der Waals surface area contributed by atoms with Crippen molar-refractivity contribution in [1.29, 1.82) is 0 Å². The van der Waals surface area contributed by atoms with Crippen LogP contribution in [0.25, 0.3) is 0 Å². The van der Waals surface area contributed by atoms with E-state index in [0.29, 0.717) is 0 Å². The van der Waals surface area contributed by atoms with Gasteiger partial charge in [-0.05, 0) is 6.92 Å². The molecule has 0 aliphatic carbocycles. The van der Waals surface area contributed by atoms with E-state index in [1.165, 1.54) is 0 Å². The molecule has 0 bridgehead atoms. The second kappa shape index (κ2) is 13.2. The molecule has 0 aromatic heterocycles. The van der Waals surface area contributed by atoms with Crippen LogP contribution in [0.5, 0.6) is 0 Å². The van der Waals surface area contributed by atoms with E-state index in [2.05, 4.69) is 11.3 Å². The molecular weight excluding hydrogens is 911 g/mol. The quantitative estimate of drug-likeness (QED) is 0.0826. The fourth-order valence-electron chi connectivity index (χ4n) is 3.30. The Bertz CT molecular complexity index is 1460. The van der Waals surface area contributed by atoms with Gasteiger partial charge >= 0.3 is 101 Å². The average Bonchev–Trinajstić information content (AvgIpc) is 2.98. The Kier molecular flexibility index (Phi) is 12.5. The zero-order valence-electron chi connectivity index (χ0n) is 24.7. The van der Waals surface area contributed by atoms with Crippen LogP contribution in [0, 0.1) is 0 Å². The van der Waals surface area contributed by atoms with Gasteiger partial charge in [0, 0.05) is 6.08 Å². The van der Waals surface area contributed by atoms with Crippen LogP contribution in [0.1, 0.15) is 6.92 Å². The summed E-state index contributed by atoms with van der Waals surface area (Å²) >= 11 is 0. The molecule has 334 valence electrons. The number of carbonyl (C=O) groups is 1. The molecule has 0 saturated carbocycles. The minimum absolute atomic E-state index is 0.349. The molecule has 0 heterocycles. The lowest BCUT2D eigenvalue weighted by Gasteiger charge is -2.47. The highest BCUT2D eigenvalue weighted by Gasteiger charge is 3.02. The predicted octanol–water partition coefficient (Wildman–Crippen LogP) is 11.2. The highest BCUT2D eigenvalue weighted by Crippen LogP contribution is 2.70. The van der Waals surface area contributed by atoms with Crippen LogP contribution in [0.2, 0.25) is 0 Å². The number of halogens is 33. The van der Waals surface area contributed by atoms with Gasteiger partial charge in [0.05, 0.1) is 0 Å². The third-order valence-electron chi connectivity index (χ3n) is 6.87. The molecule has 56 heavy (non-hydrogen) atoms. The third kappa shape index (κ3) is 6.12. The molecule has 1 atom stereocenters. The first-order valence-electron chi connectivity index (χ1n) is 12.2. The number of ether oxygens (including phenoxy) is 1. The number of rotatable bonds is 17. The van der Waals surface area contributed by atoms with Crippen molar-refractivity contribution in [2.75, 3.05) is 0 Å². The summed E-state index contributed by atoms with van der Waals surface area (Å²) in [6.45, 7) is 1.59. The monoisotopic (exact) mass is 918 g/mol. The summed E-state index contributed by atoms with van der Waals surface area (Å²) < 4.78 is 452. The summed E-state index contributed by atoms with van der Waals surface area (Å²) in [6, 6.07) is 0. The molecule has 0 aromatic rings. The van der Waals surface area contributed by atoms with E-state index >= 15 is 0 Å². The molecule has 0 spiro atoms. The summed E-state index contributed by atoms with van der Waals surface area (Å²) in [4.78, 5) is 10.8. The highest BCUT2D eigenvalue weighted by molar-refractivity contribution is 5.81. The lowest BCUT2D eigenvalue weighted by Crippen LogP contribution is -2.80. The number of carbonyl (C=O) groups excluding carboxylic acids is 1. The minimum atomic E-state index is -10.2. The van der Waals surface area contributed by atoms with Crippen molar-refractivity contribution in [1.82, 2.24) is 0 Å². The van der Waals surface area contributed by atoms with Crippen LogP contribution >= 0.6 is 0 Å². The average molecular weight is 918 g/mol. The maximum atomic E-state index is 14.0. The van der Waals surface area contributed by atoms with E-state index in [9.17, 15) is 150 Å². The summed E-state index contributed by atoms with van der Waals surface area (Å²) in [7, 11) is 0.